The maximum absolute atomic E-state index is 5.27. The predicted molar refractivity (Wildman–Crippen MR) is 42.1 cm³/mol. The zero-order chi connectivity index (χ0) is 7.40. The van der Waals surface area contributed by atoms with Crippen molar-refractivity contribution in [1.82, 2.24) is 0 Å². The van der Waals surface area contributed by atoms with Gasteiger partial charge in [0, 0.05) is 6.42 Å². The molecule has 1 aromatic heterocycles. The minimum Gasteiger partial charge on any atom is -0.469 e. The van der Waals surface area contributed by atoms with Gasteiger partial charge in [-0.25, -0.2) is 0 Å². The van der Waals surface area contributed by atoms with Gasteiger partial charge in [0.05, 0.1) is 6.26 Å². The Morgan fingerprint density at radius 3 is 2.80 bits per heavy atom. The van der Waals surface area contributed by atoms with E-state index >= 15 is 0 Å². The van der Waals surface area contributed by atoms with Crippen LogP contribution in [0.1, 0.15) is 31.1 Å². The maximum atomic E-state index is 5.27. The van der Waals surface area contributed by atoms with E-state index in [-0.39, 0.29) is 0 Å². The van der Waals surface area contributed by atoms with Gasteiger partial charge in [0.15, 0.2) is 0 Å². The molecule has 0 aromatic carbocycles. The normalized spacial score (nSPS) is 10.2. The van der Waals surface area contributed by atoms with Crippen LogP contribution in [0.15, 0.2) is 16.7 Å². The Kier molecular flexibility index (Phi) is 2.55. The van der Waals surface area contributed by atoms with Gasteiger partial charge < -0.3 is 4.42 Å². The minimum atomic E-state index is 1.09. The quantitative estimate of drug-likeness (QED) is 0.626. The molecule has 0 radical (unpaired) electrons. The number of aryl methyl sites for hydroxylation is 2. The summed E-state index contributed by atoms with van der Waals surface area (Å²) in [7, 11) is 0. The van der Waals surface area contributed by atoms with Crippen molar-refractivity contribution in [3.63, 3.8) is 0 Å². The summed E-state index contributed by atoms with van der Waals surface area (Å²) in [5, 5.41) is 0. The average molecular weight is 138 g/mol. The fraction of sp³-hybridized carbons (Fsp3) is 0.556. The van der Waals surface area contributed by atoms with Crippen LogP contribution in [0.5, 0.6) is 0 Å². The van der Waals surface area contributed by atoms with Crippen molar-refractivity contribution < 1.29 is 4.42 Å². The fourth-order valence-corrected chi connectivity index (χ4v) is 0.998. The van der Waals surface area contributed by atoms with Crippen molar-refractivity contribution >= 4 is 0 Å². The van der Waals surface area contributed by atoms with E-state index in [0.29, 0.717) is 0 Å². The van der Waals surface area contributed by atoms with Gasteiger partial charge in [-0.2, -0.15) is 0 Å². The zero-order valence-electron chi connectivity index (χ0n) is 6.68. The number of unbranched alkanes of at least 4 members (excludes halogenated alkanes) is 1. The molecule has 1 nitrogen and oxygen atoms in total. The molecular weight excluding hydrogens is 124 g/mol. The number of furan rings is 1. The summed E-state index contributed by atoms with van der Waals surface area (Å²) in [4.78, 5) is 0. The van der Waals surface area contributed by atoms with Crippen LogP contribution in [0.3, 0.4) is 0 Å². The molecule has 0 fully saturated rings. The van der Waals surface area contributed by atoms with Gasteiger partial charge >= 0.3 is 0 Å². The lowest BCUT2D eigenvalue weighted by molar-refractivity contribution is 0.498. The van der Waals surface area contributed by atoms with E-state index < -0.39 is 0 Å². The van der Waals surface area contributed by atoms with Crippen LogP contribution < -0.4 is 0 Å². The molecule has 0 unspecified atom stereocenters. The van der Waals surface area contributed by atoms with E-state index in [1.807, 2.05) is 6.07 Å². The van der Waals surface area contributed by atoms with Crippen LogP contribution >= 0.6 is 0 Å². The van der Waals surface area contributed by atoms with Gasteiger partial charge in [-0.1, -0.05) is 13.3 Å². The van der Waals surface area contributed by atoms with E-state index in [0.717, 1.165) is 12.2 Å². The first-order valence-corrected chi connectivity index (χ1v) is 3.87. The van der Waals surface area contributed by atoms with Gasteiger partial charge in [0.1, 0.15) is 5.76 Å². The van der Waals surface area contributed by atoms with Crippen LogP contribution in [-0.4, -0.2) is 0 Å². The predicted octanol–water partition coefficient (Wildman–Crippen LogP) is 2.93. The summed E-state index contributed by atoms with van der Waals surface area (Å²) in [6.45, 7) is 4.28. The molecule has 0 saturated heterocycles. The highest BCUT2D eigenvalue weighted by atomic mass is 16.3. The molecule has 0 N–H and O–H groups in total. The summed E-state index contributed by atoms with van der Waals surface area (Å²) < 4.78 is 5.27. The molecule has 0 atom stereocenters. The Labute approximate surface area is 62.1 Å². The zero-order valence-corrected chi connectivity index (χ0v) is 6.68. The molecular formula is C9H14O. The Morgan fingerprint density at radius 1 is 1.50 bits per heavy atom. The molecule has 0 spiro atoms. The van der Waals surface area contributed by atoms with Crippen LogP contribution in [0.2, 0.25) is 0 Å². The number of hydrogen-bond acceptors (Lipinski definition) is 1. The lowest BCUT2D eigenvalue weighted by Crippen LogP contribution is -1.82. The van der Waals surface area contributed by atoms with Crippen molar-refractivity contribution in [1.29, 1.82) is 0 Å². The molecule has 10 heavy (non-hydrogen) atoms. The second-order valence-corrected chi connectivity index (χ2v) is 2.63. The summed E-state index contributed by atoms with van der Waals surface area (Å²) in [5.74, 6) is 1.15. The molecule has 1 heteroatoms. The van der Waals surface area contributed by atoms with Gasteiger partial charge in [-0.3, -0.25) is 0 Å². The Morgan fingerprint density at radius 2 is 2.30 bits per heavy atom. The summed E-state index contributed by atoms with van der Waals surface area (Å²) in [6.07, 6.45) is 5.32. The maximum Gasteiger partial charge on any atom is 0.106 e. The smallest absolute Gasteiger partial charge is 0.106 e. The van der Waals surface area contributed by atoms with E-state index in [2.05, 4.69) is 13.8 Å². The SMILES string of the molecule is CCCCc1occc1C. The summed E-state index contributed by atoms with van der Waals surface area (Å²) in [5.41, 5.74) is 1.29. The monoisotopic (exact) mass is 138 g/mol. The number of rotatable bonds is 3. The largest absolute Gasteiger partial charge is 0.469 e. The fourth-order valence-electron chi connectivity index (χ4n) is 0.998. The topological polar surface area (TPSA) is 13.1 Å². The molecule has 0 bridgehead atoms. The van der Waals surface area contributed by atoms with Crippen molar-refractivity contribution in [2.45, 2.75) is 33.1 Å². The second-order valence-electron chi connectivity index (χ2n) is 2.63. The molecule has 0 aliphatic heterocycles. The second kappa shape index (κ2) is 3.45. The first kappa shape index (κ1) is 7.39. The summed E-state index contributed by atoms with van der Waals surface area (Å²) >= 11 is 0. The molecule has 1 heterocycles. The molecule has 0 saturated carbocycles. The van der Waals surface area contributed by atoms with E-state index in [1.165, 1.54) is 18.4 Å². The van der Waals surface area contributed by atoms with E-state index in [1.54, 1.807) is 6.26 Å². The number of hydrogen-bond donors (Lipinski definition) is 0. The summed E-state index contributed by atoms with van der Waals surface area (Å²) in [6, 6.07) is 2.02. The molecule has 0 aliphatic rings. The lowest BCUT2D eigenvalue weighted by Gasteiger charge is -1.94. The van der Waals surface area contributed by atoms with Crippen LogP contribution in [0.4, 0.5) is 0 Å². The van der Waals surface area contributed by atoms with Crippen LogP contribution in [-0.2, 0) is 6.42 Å². The first-order valence-electron chi connectivity index (χ1n) is 3.87. The van der Waals surface area contributed by atoms with Crippen molar-refractivity contribution in [2.24, 2.45) is 0 Å². The lowest BCUT2D eigenvalue weighted by atomic mass is 10.1. The van der Waals surface area contributed by atoms with E-state index in [9.17, 15) is 0 Å². The van der Waals surface area contributed by atoms with E-state index in [4.69, 9.17) is 4.42 Å². The third kappa shape index (κ3) is 1.63. The Bertz CT molecular complexity index is 188. The molecule has 1 rings (SSSR count). The molecule has 0 aliphatic carbocycles. The molecule has 1 aromatic rings. The highest BCUT2D eigenvalue weighted by Crippen LogP contribution is 2.11. The van der Waals surface area contributed by atoms with Gasteiger partial charge in [0.25, 0.3) is 0 Å². The van der Waals surface area contributed by atoms with Crippen LogP contribution in [0, 0.1) is 6.92 Å². The minimum absolute atomic E-state index is 1.09. The third-order valence-corrected chi connectivity index (χ3v) is 1.73. The van der Waals surface area contributed by atoms with Crippen LogP contribution in [0.25, 0.3) is 0 Å². The van der Waals surface area contributed by atoms with Gasteiger partial charge in [-0.15, -0.1) is 0 Å². The highest BCUT2D eigenvalue weighted by Gasteiger charge is 1.98. The first-order chi connectivity index (χ1) is 4.84. The van der Waals surface area contributed by atoms with Crippen molar-refractivity contribution in [3.05, 3.63) is 23.7 Å². The molecule has 56 valence electrons. The average Bonchev–Trinajstić information content (AvgIpc) is 2.31. The standard InChI is InChI=1S/C9H14O/c1-3-4-5-9-8(2)6-7-10-9/h6-7H,3-5H2,1-2H3. The Hall–Kier alpha value is -0.720. The highest BCUT2D eigenvalue weighted by molar-refractivity contribution is 5.14. The Balaban J connectivity index is 2.49. The van der Waals surface area contributed by atoms with Gasteiger partial charge in [0.2, 0.25) is 0 Å². The molecule has 0 amide bonds. The third-order valence-electron chi connectivity index (χ3n) is 1.73. The van der Waals surface area contributed by atoms with Crippen molar-refractivity contribution in [2.75, 3.05) is 0 Å². The van der Waals surface area contributed by atoms with Crippen molar-refractivity contribution in [3.8, 4) is 0 Å². The van der Waals surface area contributed by atoms with Gasteiger partial charge in [-0.05, 0) is 25.0 Å².